The number of carbonyl (C=O) groups is 1. The molecule has 0 fully saturated rings. The van der Waals surface area contributed by atoms with Crippen molar-refractivity contribution in [3.05, 3.63) is 68.6 Å². The van der Waals surface area contributed by atoms with Crippen molar-refractivity contribution in [1.29, 1.82) is 0 Å². The lowest BCUT2D eigenvalue weighted by Crippen LogP contribution is -2.22. The van der Waals surface area contributed by atoms with E-state index in [0.29, 0.717) is 0 Å². The summed E-state index contributed by atoms with van der Waals surface area (Å²) in [5.41, 5.74) is -0.471. The van der Waals surface area contributed by atoms with Crippen LogP contribution in [0.2, 0.25) is 0 Å². The lowest BCUT2D eigenvalue weighted by atomic mass is 10.2. The molecule has 0 aliphatic carbocycles. The maximum atomic E-state index is 11.8. The number of non-ortho nitro benzene ring substituents is 1. The minimum Gasteiger partial charge on any atom is -0.328 e. The van der Waals surface area contributed by atoms with Crippen LogP contribution in [0.25, 0.3) is 0 Å². The molecule has 2 rings (SSSR count). The van der Waals surface area contributed by atoms with Crippen molar-refractivity contribution in [2.45, 2.75) is 0 Å². The first kappa shape index (κ1) is 12.5. The molecule has 7 nitrogen and oxygen atoms in total. The number of hydrogen-bond acceptors (Lipinski definition) is 4. The molecule has 0 aliphatic rings. The zero-order valence-corrected chi connectivity index (χ0v) is 9.62. The summed E-state index contributed by atoms with van der Waals surface area (Å²) in [6.45, 7) is 0. The molecular formula is C12H9N3O4. The molecule has 19 heavy (non-hydrogen) atoms. The number of benzene rings is 1. The summed E-state index contributed by atoms with van der Waals surface area (Å²) >= 11 is 0. The Labute approximate surface area is 107 Å². The number of amides is 1. The molecule has 0 aliphatic heterocycles. The first-order valence-electron chi connectivity index (χ1n) is 5.31. The van der Waals surface area contributed by atoms with Gasteiger partial charge in [0, 0.05) is 24.0 Å². The minimum atomic E-state index is -0.623. The van der Waals surface area contributed by atoms with E-state index in [9.17, 15) is 19.7 Å². The molecule has 1 amide bonds. The fourth-order valence-electron chi connectivity index (χ4n) is 1.50. The Bertz CT molecular complexity index is 693. The van der Waals surface area contributed by atoms with Crippen molar-refractivity contribution in [2.75, 3.05) is 5.32 Å². The van der Waals surface area contributed by atoms with Gasteiger partial charge >= 0.3 is 0 Å². The van der Waals surface area contributed by atoms with Gasteiger partial charge in [0.15, 0.2) is 0 Å². The second-order valence-electron chi connectivity index (χ2n) is 3.67. The molecule has 1 aromatic heterocycles. The van der Waals surface area contributed by atoms with Crippen molar-refractivity contribution in [3.8, 4) is 0 Å². The number of aromatic nitrogens is 1. The first-order valence-corrected chi connectivity index (χ1v) is 5.31. The third-order valence-electron chi connectivity index (χ3n) is 2.38. The van der Waals surface area contributed by atoms with Crippen LogP contribution in [-0.4, -0.2) is 15.8 Å². The highest BCUT2D eigenvalue weighted by molar-refractivity contribution is 6.04. The average Bonchev–Trinajstić information content (AvgIpc) is 2.39. The molecule has 0 saturated heterocycles. The topological polar surface area (TPSA) is 105 Å². The lowest BCUT2D eigenvalue weighted by Gasteiger charge is -2.04. The number of pyridine rings is 1. The summed E-state index contributed by atoms with van der Waals surface area (Å²) in [7, 11) is 0. The third-order valence-corrected chi connectivity index (χ3v) is 2.38. The monoisotopic (exact) mass is 259 g/mol. The smallest absolute Gasteiger partial charge is 0.271 e. The summed E-state index contributed by atoms with van der Waals surface area (Å²) in [4.78, 5) is 35.6. The van der Waals surface area contributed by atoms with E-state index in [1.54, 1.807) is 0 Å². The highest BCUT2D eigenvalue weighted by Gasteiger charge is 2.11. The number of nitrogens with one attached hydrogen (secondary N) is 2. The van der Waals surface area contributed by atoms with E-state index in [1.807, 2.05) is 0 Å². The van der Waals surface area contributed by atoms with Crippen LogP contribution in [0.3, 0.4) is 0 Å². The summed E-state index contributed by atoms with van der Waals surface area (Å²) in [6, 6.07) is 8.36. The number of anilines is 1. The van der Waals surface area contributed by atoms with Crippen molar-refractivity contribution >= 4 is 17.3 Å². The van der Waals surface area contributed by atoms with Crippen LogP contribution in [0.15, 0.2) is 47.4 Å². The summed E-state index contributed by atoms with van der Waals surface area (Å²) in [6.07, 6.45) is 1.41. The SMILES string of the molecule is O=C(Nc1cccc([N+](=O)[O-])c1)c1ccc[nH]c1=O. The normalized spacial score (nSPS) is 9.89. The second kappa shape index (κ2) is 5.13. The largest absolute Gasteiger partial charge is 0.328 e. The number of nitro groups is 1. The van der Waals surface area contributed by atoms with Gasteiger partial charge < -0.3 is 10.3 Å². The van der Waals surface area contributed by atoms with Gasteiger partial charge in [0.05, 0.1) is 4.92 Å². The lowest BCUT2D eigenvalue weighted by molar-refractivity contribution is -0.384. The van der Waals surface area contributed by atoms with E-state index >= 15 is 0 Å². The maximum absolute atomic E-state index is 11.8. The van der Waals surface area contributed by atoms with E-state index < -0.39 is 16.4 Å². The Morgan fingerprint density at radius 1 is 1.26 bits per heavy atom. The van der Waals surface area contributed by atoms with Gasteiger partial charge in [-0.1, -0.05) is 6.07 Å². The fourth-order valence-corrected chi connectivity index (χ4v) is 1.50. The van der Waals surface area contributed by atoms with Gasteiger partial charge in [-0.15, -0.1) is 0 Å². The number of nitrogens with zero attached hydrogens (tertiary/aromatic N) is 1. The van der Waals surface area contributed by atoms with Crippen LogP contribution in [0, 0.1) is 10.1 Å². The Kier molecular flexibility index (Phi) is 3.37. The first-order chi connectivity index (χ1) is 9.08. The molecule has 2 N–H and O–H groups in total. The van der Waals surface area contributed by atoms with Gasteiger partial charge in [0.25, 0.3) is 17.2 Å². The Morgan fingerprint density at radius 3 is 2.74 bits per heavy atom. The quantitative estimate of drug-likeness (QED) is 0.644. The molecule has 2 aromatic rings. The van der Waals surface area contributed by atoms with Crippen molar-refractivity contribution < 1.29 is 9.72 Å². The molecule has 0 spiro atoms. The van der Waals surface area contributed by atoms with Crippen LogP contribution in [0.5, 0.6) is 0 Å². The van der Waals surface area contributed by atoms with Gasteiger partial charge in [-0.2, -0.15) is 0 Å². The van der Waals surface area contributed by atoms with E-state index in [1.165, 1.54) is 42.6 Å². The zero-order valence-electron chi connectivity index (χ0n) is 9.62. The van der Waals surface area contributed by atoms with Gasteiger partial charge in [-0.3, -0.25) is 19.7 Å². The molecule has 96 valence electrons. The summed E-state index contributed by atoms with van der Waals surface area (Å²) in [5, 5.41) is 13.0. The number of carbonyl (C=O) groups excluding carboxylic acids is 1. The third kappa shape index (κ3) is 2.83. The molecule has 0 radical (unpaired) electrons. The number of rotatable bonds is 3. The van der Waals surface area contributed by atoms with Crippen molar-refractivity contribution in [3.63, 3.8) is 0 Å². The standard InChI is InChI=1S/C12H9N3O4/c16-11-10(5-2-6-13-11)12(17)14-8-3-1-4-9(7-8)15(18)19/h1-7H,(H,13,16)(H,14,17). The van der Waals surface area contributed by atoms with Crippen LogP contribution in [0.1, 0.15) is 10.4 Å². The van der Waals surface area contributed by atoms with Gasteiger partial charge in [-0.05, 0) is 18.2 Å². The Morgan fingerprint density at radius 2 is 2.05 bits per heavy atom. The van der Waals surface area contributed by atoms with E-state index in [2.05, 4.69) is 10.3 Å². The molecule has 1 aromatic carbocycles. The van der Waals surface area contributed by atoms with E-state index in [4.69, 9.17) is 0 Å². The molecular weight excluding hydrogens is 250 g/mol. The average molecular weight is 259 g/mol. The highest BCUT2D eigenvalue weighted by Crippen LogP contribution is 2.17. The second-order valence-corrected chi connectivity index (χ2v) is 3.67. The summed E-state index contributed by atoms with van der Waals surface area (Å²) in [5.74, 6) is -0.623. The minimum absolute atomic E-state index is 0.0611. The fraction of sp³-hybridized carbons (Fsp3) is 0. The molecule has 0 atom stereocenters. The van der Waals surface area contributed by atoms with E-state index in [-0.39, 0.29) is 16.9 Å². The Hall–Kier alpha value is -2.96. The highest BCUT2D eigenvalue weighted by atomic mass is 16.6. The molecule has 0 saturated carbocycles. The molecule has 0 bridgehead atoms. The Balaban J connectivity index is 2.25. The number of aromatic amines is 1. The van der Waals surface area contributed by atoms with Gasteiger partial charge in [-0.25, -0.2) is 0 Å². The van der Waals surface area contributed by atoms with Crippen LogP contribution in [-0.2, 0) is 0 Å². The van der Waals surface area contributed by atoms with Gasteiger partial charge in [0.1, 0.15) is 5.56 Å². The number of nitro benzene ring substituents is 1. The maximum Gasteiger partial charge on any atom is 0.271 e. The van der Waals surface area contributed by atoms with Crippen LogP contribution >= 0.6 is 0 Å². The van der Waals surface area contributed by atoms with Crippen molar-refractivity contribution in [2.24, 2.45) is 0 Å². The van der Waals surface area contributed by atoms with Crippen molar-refractivity contribution in [1.82, 2.24) is 4.98 Å². The van der Waals surface area contributed by atoms with Crippen LogP contribution < -0.4 is 10.9 Å². The molecule has 7 heteroatoms. The molecule has 1 heterocycles. The molecule has 0 unspecified atom stereocenters. The van der Waals surface area contributed by atoms with Crippen LogP contribution in [0.4, 0.5) is 11.4 Å². The number of hydrogen-bond donors (Lipinski definition) is 2. The zero-order chi connectivity index (χ0) is 13.8. The van der Waals surface area contributed by atoms with Gasteiger partial charge in [0.2, 0.25) is 0 Å². The summed E-state index contributed by atoms with van der Waals surface area (Å²) < 4.78 is 0. The predicted molar refractivity (Wildman–Crippen MR) is 68.1 cm³/mol. The number of H-pyrrole nitrogens is 1. The van der Waals surface area contributed by atoms with E-state index in [0.717, 1.165) is 0 Å². The predicted octanol–water partition coefficient (Wildman–Crippen LogP) is 1.54.